The molecule has 6 heteroatoms. The quantitative estimate of drug-likeness (QED) is 0.305. The molecule has 0 saturated carbocycles. The minimum Gasteiger partial charge on any atom is -0.870 e. The summed E-state index contributed by atoms with van der Waals surface area (Å²) in [5.74, 6) is -1.21. The van der Waals surface area contributed by atoms with E-state index in [9.17, 15) is 14.7 Å². The van der Waals surface area contributed by atoms with E-state index in [0.29, 0.717) is 0 Å². The molecule has 0 aliphatic rings. The van der Waals surface area contributed by atoms with Crippen LogP contribution in [0.1, 0.15) is 12.8 Å². The Balaban J connectivity index is -0.0000000600. The molecule has 0 saturated heterocycles. The molecular formula is C4H5Na2O4-. The Bertz CT molecular complexity index is 85.3. The summed E-state index contributed by atoms with van der Waals surface area (Å²) >= 11 is 0. The van der Waals surface area contributed by atoms with Crippen molar-refractivity contribution in [2.75, 3.05) is 0 Å². The van der Waals surface area contributed by atoms with E-state index in [1.165, 1.54) is 6.29 Å². The molecule has 0 heterocycles. The van der Waals surface area contributed by atoms with Gasteiger partial charge in [-0.15, -0.1) is 6.42 Å². The minimum atomic E-state index is -1.21. The number of carbonyl (C=O) groups excluding carboxylic acids is 2. The SMILES string of the molecule is O=[C-]CCC(=O)[O-].[Na+].[Na+].[OH-]. The van der Waals surface area contributed by atoms with Crippen LogP contribution in [0.3, 0.4) is 0 Å². The van der Waals surface area contributed by atoms with E-state index in [4.69, 9.17) is 0 Å². The molecular weight excluding hydrogens is 158 g/mol. The van der Waals surface area contributed by atoms with E-state index < -0.39 is 5.97 Å². The topological polar surface area (TPSA) is 87.2 Å². The molecule has 10 heavy (non-hydrogen) atoms. The number of hydrogen-bond acceptors (Lipinski definition) is 4. The summed E-state index contributed by atoms with van der Waals surface area (Å²) in [6, 6.07) is 0. The van der Waals surface area contributed by atoms with Crippen molar-refractivity contribution < 1.29 is 79.3 Å². The molecule has 0 rings (SSSR count). The summed E-state index contributed by atoms with van der Waals surface area (Å²) < 4.78 is 0. The molecule has 0 aromatic carbocycles. The van der Waals surface area contributed by atoms with Crippen LogP contribution in [0.15, 0.2) is 0 Å². The van der Waals surface area contributed by atoms with Gasteiger partial charge in [-0.05, 0) is 6.42 Å². The summed E-state index contributed by atoms with van der Waals surface area (Å²) in [6.07, 6.45) is 1.14. The second-order valence-corrected chi connectivity index (χ2v) is 1.02. The smallest absolute Gasteiger partial charge is 0.870 e. The van der Waals surface area contributed by atoms with E-state index in [1.807, 2.05) is 0 Å². The third-order valence-electron chi connectivity index (χ3n) is 0.431. The zero-order valence-corrected chi connectivity index (χ0v) is 10.1. The first kappa shape index (κ1) is 22.5. The summed E-state index contributed by atoms with van der Waals surface area (Å²) in [6.45, 7) is 0. The van der Waals surface area contributed by atoms with Crippen molar-refractivity contribution in [2.24, 2.45) is 0 Å². The van der Waals surface area contributed by atoms with Gasteiger partial charge >= 0.3 is 59.1 Å². The van der Waals surface area contributed by atoms with Gasteiger partial charge in [0.2, 0.25) is 0 Å². The van der Waals surface area contributed by atoms with Crippen molar-refractivity contribution in [1.82, 2.24) is 0 Å². The molecule has 0 aliphatic carbocycles. The molecule has 0 atom stereocenters. The number of carbonyl (C=O) groups is 1. The summed E-state index contributed by atoms with van der Waals surface area (Å²) in [5.41, 5.74) is 0. The molecule has 0 aromatic heterocycles. The van der Waals surface area contributed by atoms with Gasteiger partial charge in [0.05, 0.1) is 0 Å². The van der Waals surface area contributed by atoms with Gasteiger partial charge in [-0.3, -0.25) is 6.29 Å². The second kappa shape index (κ2) is 16.6. The average molecular weight is 163 g/mol. The van der Waals surface area contributed by atoms with Crippen LogP contribution in [-0.2, 0) is 9.59 Å². The van der Waals surface area contributed by atoms with Crippen LogP contribution in [0.5, 0.6) is 0 Å². The maximum atomic E-state index is 9.47. The first-order valence-corrected chi connectivity index (χ1v) is 1.82. The maximum Gasteiger partial charge on any atom is 1.00 e. The van der Waals surface area contributed by atoms with Gasteiger partial charge in [0.15, 0.2) is 0 Å². The third kappa shape index (κ3) is 23.0. The second-order valence-electron chi connectivity index (χ2n) is 1.02. The van der Waals surface area contributed by atoms with Crippen molar-refractivity contribution in [3.8, 4) is 0 Å². The van der Waals surface area contributed by atoms with Crippen molar-refractivity contribution in [1.29, 1.82) is 0 Å². The Hall–Kier alpha value is 1.10. The Kier molecular flexibility index (Phi) is 37.3. The number of aliphatic carboxylic acids is 1. The molecule has 0 amide bonds. The van der Waals surface area contributed by atoms with Gasteiger partial charge in [-0.1, -0.05) is 0 Å². The van der Waals surface area contributed by atoms with E-state index in [2.05, 4.69) is 0 Å². The van der Waals surface area contributed by atoms with Crippen LogP contribution in [0.2, 0.25) is 0 Å². The fourth-order valence-electron chi connectivity index (χ4n) is 0.153. The Labute approximate surface area is 103 Å². The fraction of sp³-hybridized carbons (Fsp3) is 0.500. The molecule has 4 nitrogen and oxygen atoms in total. The molecule has 0 spiro atoms. The average Bonchev–Trinajstić information content (AvgIpc) is 1.61. The normalized spacial score (nSPS) is 5.60. The van der Waals surface area contributed by atoms with Crippen molar-refractivity contribution in [3.05, 3.63) is 0 Å². The van der Waals surface area contributed by atoms with Crippen LogP contribution >= 0.6 is 0 Å². The predicted octanol–water partition coefficient (Wildman–Crippen LogP) is -7.54. The maximum absolute atomic E-state index is 9.47. The predicted molar refractivity (Wildman–Crippen MR) is 21.9 cm³/mol. The van der Waals surface area contributed by atoms with E-state index >= 15 is 0 Å². The fourth-order valence-corrected chi connectivity index (χ4v) is 0.153. The van der Waals surface area contributed by atoms with Gasteiger partial charge in [0, 0.05) is 5.97 Å². The number of carboxylic acids is 1. The zero-order valence-electron chi connectivity index (χ0n) is 6.09. The first-order valence-electron chi connectivity index (χ1n) is 1.82. The molecule has 0 aromatic rings. The van der Waals surface area contributed by atoms with Crippen LogP contribution in [0.25, 0.3) is 0 Å². The van der Waals surface area contributed by atoms with Crippen molar-refractivity contribution >= 4 is 12.3 Å². The molecule has 1 N–H and O–H groups in total. The summed E-state index contributed by atoms with van der Waals surface area (Å²) in [4.78, 5) is 18.8. The molecule has 48 valence electrons. The first-order chi connectivity index (χ1) is 3.27. The van der Waals surface area contributed by atoms with Gasteiger partial charge in [-0.25, -0.2) is 0 Å². The minimum absolute atomic E-state index is 0. The van der Waals surface area contributed by atoms with Crippen molar-refractivity contribution in [2.45, 2.75) is 12.8 Å². The summed E-state index contributed by atoms with van der Waals surface area (Å²) in [7, 11) is 0. The standard InChI is InChI=1S/C4H5O3.2Na.H2O/c5-3-1-2-4(6)7;;;/h1-2H2,(H,6,7);;;1H2/q-1;2*+1;/p-2. The van der Waals surface area contributed by atoms with Gasteiger partial charge < -0.3 is 20.2 Å². The third-order valence-corrected chi connectivity index (χ3v) is 0.431. The number of rotatable bonds is 3. The van der Waals surface area contributed by atoms with Crippen molar-refractivity contribution in [3.63, 3.8) is 0 Å². The van der Waals surface area contributed by atoms with Gasteiger partial charge in [0.1, 0.15) is 0 Å². The summed E-state index contributed by atoms with van der Waals surface area (Å²) in [5, 5.41) is 9.47. The van der Waals surface area contributed by atoms with Crippen LogP contribution in [-0.4, -0.2) is 17.7 Å². The molecule has 0 radical (unpaired) electrons. The van der Waals surface area contributed by atoms with E-state index in [0.717, 1.165) is 0 Å². The molecule has 0 bridgehead atoms. The van der Waals surface area contributed by atoms with Crippen LogP contribution in [0.4, 0.5) is 0 Å². The largest absolute Gasteiger partial charge is 1.00 e. The monoisotopic (exact) mass is 163 g/mol. The Morgan fingerprint density at radius 2 is 1.80 bits per heavy atom. The number of hydrogen-bond donors (Lipinski definition) is 0. The van der Waals surface area contributed by atoms with E-state index in [-0.39, 0.29) is 77.4 Å². The van der Waals surface area contributed by atoms with Gasteiger partial charge in [-0.2, -0.15) is 0 Å². The zero-order chi connectivity index (χ0) is 5.70. The van der Waals surface area contributed by atoms with Crippen LogP contribution < -0.4 is 64.2 Å². The Morgan fingerprint density at radius 3 is 1.90 bits per heavy atom. The molecule has 0 unspecified atom stereocenters. The molecule has 0 aliphatic heterocycles. The van der Waals surface area contributed by atoms with E-state index in [1.54, 1.807) is 0 Å². The number of carboxylic acid groups (broad SMARTS) is 1. The molecule has 0 fully saturated rings. The Morgan fingerprint density at radius 1 is 1.40 bits per heavy atom. The van der Waals surface area contributed by atoms with Crippen LogP contribution in [0, 0.1) is 0 Å². The van der Waals surface area contributed by atoms with Gasteiger partial charge in [0.25, 0.3) is 0 Å².